The first-order chi connectivity index (χ1) is 11.0. The molecule has 4 heteroatoms. The Morgan fingerprint density at radius 1 is 1.13 bits per heavy atom. The molecular weight excluding hydrogens is 292 g/mol. The molecule has 0 radical (unpaired) electrons. The molecule has 0 aromatic heterocycles. The van der Waals surface area contributed by atoms with E-state index in [0.717, 1.165) is 16.7 Å². The largest absolute Gasteiger partial charge is 0.465 e. The van der Waals surface area contributed by atoms with Gasteiger partial charge in [-0.3, -0.25) is 9.59 Å². The van der Waals surface area contributed by atoms with Crippen molar-refractivity contribution in [1.29, 1.82) is 0 Å². The lowest BCUT2D eigenvalue weighted by Gasteiger charge is -2.28. The van der Waals surface area contributed by atoms with Crippen LogP contribution in [0.25, 0.3) is 5.57 Å². The first kappa shape index (κ1) is 17.0. The summed E-state index contributed by atoms with van der Waals surface area (Å²) in [6.45, 7) is 7.91. The van der Waals surface area contributed by atoms with Crippen LogP contribution in [-0.2, 0) is 25.5 Å². The zero-order valence-corrected chi connectivity index (χ0v) is 13.6. The van der Waals surface area contributed by atoms with Crippen LogP contribution in [0.5, 0.6) is 0 Å². The Labute approximate surface area is 136 Å². The van der Waals surface area contributed by atoms with Crippen molar-refractivity contribution in [3.63, 3.8) is 0 Å². The van der Waals surface area contributed by atoms with Gasteiger partial charge in [0.1, 0.15) is 0 Å². The fourth-order valence-electron chi connectivity index (χ4n) is 2.74. The summed E-state index contributed by atoms with van der Waals surface area (Å²) < 4.78 is 10.3. The molecule has 0 N–H and O–H groups in total. The van der Waals surface area contributed by atoms with Gasteiger partial charge in [0.25, 0.3) is 0 Å². The Morgan fingerprint density at radius 3 is 2.35 bits per heavy atom. The van der Waals surface area contributed by atoms with Gasteiger partial charge in [-0.1, -0.05) is 43.0 Å². The quantitative estimate of drug-likeness (QED) is 0.632. The number of carbonyl (C=O) groups excluding carboxylic acids is 2. The molecule has 2 rings (SSSR count). The molecule has 1 aliphatic rings. The third kappa shape index (κ3) is 3.36. The summed E-state index contributed by atoms with van der Waals surface area (Å²) in [6.07, 6.45) is 4.18. The van der Waals surface area contributed by atoms with E-state index in [1.54, 1.807) is 26.0 Å². The highest BCUT2D eigenvalue weighted by atomic mass is 16.6. The van der Waals surface area contributed by atoms with E-state index in [9.17, 15) is 9.59 Å². The number of esters is 2. The highest BCUT2D eigenvalue weighted by Crippen LogP contribution is 2.35. The van der Waals surface area contributed by atoms with Crippen LogP contribution >= 0.6 is 0 Å². The van der Waals surface area contributed by atoms with Gasteiger partial charge in [0, 0.05) is 0 Å². The molecular formula is C19H22O4. The molecule has 1 aromatic carbocycles. The van der Waals surface area contributed by atoms with Crippen molar-refractivity contribution in [2.45, 2.75) is 26.7 Å². The summed E-state index contributed by atoms with van der Waals surface area (Å²) in [6, 6.07) is 7.86. The Hall–Kier alpha value is -2.36. The highest BCUT2D eigenvalue weighted by Gasteiger charge is 2.46. The number of rotatable bonds is 4. The molecule has 0 unspecified atom stereocenters. The standard InChI is InChI=1S/C19H22O4/c1-4-22-17(20)19(18(21)23-5-2)12-10-14(3)16-9-7-6-8-15(16)11-13-19/h6-10,12H,3-5,11,13H2,1-2H3/b12-10-. The van der Waals surface area contributed by atoms with E-state index in [0.29, 0.717) is 12.8 Å². The number of carbonyl (C=O) groups is 2. The molecule has 0 atom stereocenters. The average Bonchev–Trinajstić information content (AvgIpc) is 2.54. The molecule has 23 heavy (non-hydrogen) atoms. The lowest BCUT2D eigenvalue weighted by molar-refractivity contribution is -0.168. The smallest absolute Gasteiger partial charge is 0.327 e. The minimum Gasteiger partial charge on any atom is -0.465 e. The number of aryl methyl sites for hydroxylation is 1. The van der Waals surface area contributed by atoms with E-state index in [2.05, 4.69) is 6.58 Å². The van der Waals surface area contributed by atoms with Gasteiger partial charge in [0.2, 0.25) is 0 Å². The fraction of sp³-hybridized carbons (Fsp3) is 0.368. The van der Waals surface area contributed by atoms with Crippen molar-refractivity contribution in [2.75, 3.05) is 13.2 Å². The van der Waals surface area contributed by atoms with Gasteiger partial charge in [-0.15, -0.1) is 0 Å². The predicted molar refractivity (Wildman–Crippen MR) is 88.6 cm³/mol. The van der Waals surface area contributed by atoms with Crippen molar-refractivity contribution < 1.29 is 19.1 Å². The van der Waals surface area contributed by atoms with Gasteiger partial charge < -0.3 is 9.47 Å². The summed E-state index contributed by atoms with van der Waals surface area (Å²) in [5.41, 5.74) is 1.44. The summed E-state index contributed by atoms with van der Waals surface area (Å²) in [5.74, 6) is -1.14. The number of fused-ring (bicyclic) bond motifs is 1. The van der Waals surface area contributed by atoms with Gasteiger partial charge in [-0.05, 0) is 43.4 Å². The van der Waals surface area contributed by atoms with E-state index in [1.165, 1.54) is 0 Å². The molecule has 0 amide bonds. The number of benzene rings is 1. The lowest BCUT2D eigenvalue weighted by Crippen LogP contribution is -2.41. The molecule has 4 nitrogen and oxygen atoms in total. The zero-order chi connectivity index (χ0) is 16.9. The minimum atomic E-state index is -1.41. The normalized spacial score (nSPS) is 17.4. The fourth-order valence-corrected chi connectivity index (χ4v) is 2.74. The van der Waals surface area contributed by atoms with Crippen LogP contribution in [0.1, 0.15) is 31.4 Å². The maximum atomic E-state index is 12.5. The Kier molecular flexibility index (Phi) is 5.37. The van der Waals surface area contributed by atoms with E-state index in [4.69, 9.17) is 9.47 Å². The van der Waals surface area contributed by atoms with Crippen LogP contribution in [0.3, 0.4) is 0 Å². The highest BCUT2D eigenvalue weighted by molar-refractivity contribution is 6.03. The molecule has 0 saturated heterocycles. The van der Waals surface area contributed by atoms with Crippen LogP contribution in [0.4, 0.5) is 0 Å². The number of allylic oxidation sites excluding steroid dienone is 2. The first-order valence-electron chi connectivity index (χ1n) is 7.86. The molecule has 0 aliphatic heterocycles. The van der Waals surface area contributed by atoms with Crippen LogP contribution in [0.2, 0.25) is 0 Å². The van der Waals surface area contributed by atoms with Crippen LogP contribution in [0.15, 0.2) is 43.0 Å². The second kappa shape index (κ2) is 7.27. The van der Waals surface area contributed by atoms with Crippen molar-refractivity contribution in [3.05, 3.63) is 54.1 Å². The van der Waals surface area contributed by atoms with Gasteiger partial charge in [-0.25, -0.2) is 0 Å². The summed E-state index contributed by atoms with van der Waals surface area (Å²) in [4.78, 5) is 25.0. The lowest BCUT2D eigenvalue weighted by atomic mass is 9.78. The average molecular weight is 314 g/mol. The van der Waals surface area contributed by atoms with Crippen molar-refractivity contribution in [2.24, 2.45) is 5.41 Å². The van der Waals surface area contributed by atoms with E-state index >= 15 is 0 Å². The Morgan fingerprint density at radius 2 is 1.74 bits per heavy atom. The van der Waals surface area contributed by atoms with Gasteiger partial charge in [0.05, 0.1) is 13.2 Å². The van der Waals surface area contributed by atoms with Gasteiger partial charge in [-0.2, -0.15) is 0 Å². The van der Waals surface area contributed by atoms with E-state index in [1.807, 2.05) is 24.3 Å². The van der Waals surface area contributed by atoms with Gasteiger partial charge >= 0.3 is 11.9 Å². The maximum absolute atomic E-state index is 12.5. The Bertz CT molecular complexity index is 625. The molecule has 1 aromatic rings. The van der Waals surface area contributed by atoms with Crippen molar-refractivity contribution >= 4 is 17.5 Å². The molecule has 0 fully saturated rings. The predicted octanol–water partition coefficient (Wildman–Crippen LogP) is 3.31. The minimum absolute atomic E-state index is 0.214. The summed E-state index contributed by atoms with van der Waals surface area (Å²) >= 11 is 0. The first-order valence-corrected chi connectivity index (χ1v) is 7.86. The van der Waals surface area contributed by atoms with Crippen LogP contribution in [0, 0.1) is 5.41 Å². The topological polar surface area (TPSA) is 52.6 Å². The summed E-state index contributed by atoms with van der Waals surface area (Å²) in [5, 5.41) is 0. The monoisotopic (exact) mass is 314 g/mol. The summed E-state index contributed by atoms with van der Waals surface area (Å²) in [7, 11) is 0. The molecule has 0 spiro atoms. The number of hydrogen-bond donors (Lipinski definition) is 0. The third-order valence-corrected chi connectivity index (χ3v) is 4.00. The SMILES string of the molecule is C=C1/C=C\C(C(=O)OCC)(C(=O)OCC)CCc2ccccc21. The van der Waals surface area contributed by atoms with E-state index < -0.39 is 17.4 Å². The third-order valence-electron chi connectivity index (χ3n) is 4.00. The number of ether oxygens (including phenoxy) is 2. The van der Waals surface area contributed by atoms with E-state index in [-0.39, 0.29) is 13.2 Å². The second-order valence-corrected chi connectivity index (χ2v) is 5.43. The van der Waals surface area contributed by atoms with Crippen LogP contribution in [-0.4, -0.2) is 25.2 Å². The Balaban J connectivity index is 2.46. The zero-order valence-electron chi connectivity index (χ0n) is 13.6. The second-order valence-electron chi connectivity index (χ2n) is 5.43. The molecule has 1 aliphatic carbocycles. The molecule has 0 heterocycles. The van der Waals surface area contributed by atoms with Crippen molar-refractivity contribution in [3.8, 4) is 0 Å². The molecule has 0 saturated carbocycles. The molecule has 122 valence electrons. The molecule has 0 bridgehead atoms. The number of hydrogen-bond acceptors (Lipinski definition) is 4. The van der Waals surface area contributed by atoms with Crippen LogP contribution < -0.4 is 0 Å². The van der Waals surface area contributed by atoms with Gasteiger partial charge in [0.15, 0.2) is 5.41 Å². The maximum Gasteiger partial charge on any atom is 0.327 e. The van der Waals surface area contributed by atoms with Crippen molar-refractivity contribution in [1.82, 2.24) is 0 Å².